The number of ether oxygens (including phenoxy) is 1. The third-order valence-corrected chi connectivity index (χ3v) is 3.27. The first kappa shape index (κ1) is 11.8. The molecule has 0 N–H and O–H groups in total. The lowest BCUT2D eigenvalue weighted by Crippen LogP contribution is -2.35. The van der Waals surface area contributed by atoms with Gasteiger partial charge in [0.25, 0.3) is 0 Å². The van der Waals surface area contributed by atoms with E-state index in [4.69, 9.17) is 4.74 Å². The summed E-state index contributed by atoms with van der Waals surface area (Å²) >= 11 is 0. The van der Waals surface area contributed by atoms with Gasteiger partial charge in [0.05, 0.1) is 5.92 Å². The van der Waals surface area contributed by atoms with Gasteiger partial charge in [-0.1, -0.05) is 30.3 Å². The Balaban J connectivity index is 1.74. The van der Waals surface area contributed by atoms with Crippen LogP contribution in [-0.4, -0.2) is 11.8 Å². The highest BCUT2D eigenvalue weighted by Gasteiger charge is 2.37. The van der Waals surface area contributed by atoms with Crippen LogP contribution >= 0.6 is 0 Å². The molecule has 0 aliphatic heterocycles. The van der Waals surface area contributed by atoms with Crippen molar-refractivity contribution in [2.45, 2.75) is 26.4 Å². The van der Waals surface area contributed by atoms with Gasteiger partial charge >= 0.3 is 5.97 Å². The highest BCUT2D eigenvalue weighted by atomic mass is 16.5. The second kappa shape index (κ2) is 5.13. The molecule has 0 spiro atoms. The summed E-state index contributed by atoms with van der Waals surface area (Å²) in [5.41, 5.74) is 0.989. The third kappa shape index (κ3) is 2.93. The van der Waals surface area contributed by atoms with E-state index in [0.717, 1.165) is 5.56 Å². The van der Waals surface area contributed by atoms with E-state index in [1.807, 2.05) is 30.3 Å². The van der Waals surface area contributed by atoms with E-state index in [1.165, 1.54) is 0 Å². The summed E-state index contributed by atoms with van der Waals surface area (Å²) in [6.45, 7) is 1.90. The molecule has 3 nitrogen and oxygen atoms in total. The number of rotatable bonds is 4. The third-order valence-electron chi connectivity index (χ3n) is 3.27. The van der Waals surface area contributed by atoms with Crippen LogP contribution in [0.15, 0.2) is 30.3 Å². The quantitative estimate of drug-likeness (QED) is 0.748. The fraction of sp³-hybridized carbons (Fsp3) is 0.429. The number of esters is 1. The summed E-state index contributed by atoms with van der Waals surface area (Å²) in [5, 5.41) is 0. The molecule has 1 aromatic carbocycles. The lowest BCUT2D eigenvalue weighted by Gasteiger charge is -2.31. The van der Waals surface area contributed by atoms with Crippen LogP contribution in [0.1, 0.15) is 25.3 Å². The maximum atomic E-state index is 11.6. The van der Waals surface area contributed by atoms with Gasteiger partial charge < -0.3 is 4.74 Å². The topological polar surface area (TPSA) is 43.4 Å². The van der Waals surface area contributed by atoms with Gasteiger partial charge in [0, 0.05) is 5.92 Å². The van der Waals surface area contributed by atoms with Gasteiger partial charge in [-0.15, -0.1) is 0 Å². The zero-order valence-electron chi connectivity index (χ0n) is 9.89. The fourth-order valence-corrected chi connectivity index (χ4v) is 1.99. The van der Waals surface area contributed by atoms with E-state index < -0.39 is 0 Å². The summed E-state index contributed by atoms with van der Waals surface area (Å²) in [4.78, 5) is 22.7. The van der Waals surface area contributed by atoms with Crippen LogP contribution in [-0.2, 0) is 20.9 Å². The number of Topliss-reactive ketones (excluding diaryl/α,β-unsaturated/α-hetero) is 1. The van der Waals surface area contributed by atoms with Crippen LogP contribution < -0.4 is 0 Å². The highest BCUT2D eigenvalue weighted by molar-refractivity contribution is 5.83. The SMILES string of the molecule is CC(=O)C1CC(C(=O)OCc2ccccc2)C1. The minimum atomic E-state index is -0.175. The highest BCUT2D eigenvalue weighted by Crippen LogP contribution is 2.35. The first-order valence-electron chi connectivity index (χ1n) is 5.88. The molecule has 3 heteroatoms. The van der Waals surface area contributed by atoms with Crippen LogP contribution in [0, 0.1) is 11.8 Å². The van der Waals surface area contributed by atoms with Gasteiger partial charge in [0.15, 0.2) is 0 Å². The lowest BCUT2D eigenvalue weighted by molar-refractivity contribution is -0.155. The largest absolute Gasteiger partial charge is 0.461 e. The van der Waals surface area contributed by atoms with E-state index in [2.05, 4.69) is 0 Å². The molecule has 2 rings (SSSR count). The Labute approximate surface area is 101 Å². The van der Waals surface area contributed by atoms with Crippen LogP contribution in [0.2, 0.25) is 0 Å². The van der Waals surface area contributed by atoms with Crippen molar-refractivity contribution in [2.24, 2.45) is 11.8 Å². The van der Waals surface area contributed by atoms with Crippen LogP contribution in [0.4, 0.5) is 0 Å². The van der Waals surface area contributed by atoms with Gasteiger partial charge in [0.1, 0.15) is 12.4 Å². The van der Waals surface area contributed by atoms with Crippen molar-refractivity contribution >= 4 is 11.8 Å². The molecule has 1 saturated carbocycles. The minimum absolute atomic E-state index is 0.0734. The van der Waals surface area contributed by atoms with Crippen molar-refractivity contribution in [2.75, 3.05) is 0 Å². The Kier molecular flexibility index (Phi) is 3.57. The summed E-state index contributed by atoms with van der Waals surface area (Å²) in [5.74, 6) is 0.000324. The monoisotopic (exact) mass is 232 g/mol. The standard InChI is InChI=1S/C14H16O3/c1-10(15)12-7-13(8-12)14(16)17-9-11-5-3-2-4-6-11/h2-6,12-13H,7-9H2,1H3. The molecule has 0 aromatic heterocycles. The molecule has 0 heterocycles. The van der Waals surface area contributed by atoms with Crippen molar-refractivity contribution in [1.82, 2.24) is 0 Å². The predicted molar refractivity (Wildman–Crippen MR) is 63.1 cm³/mol. The Bertz CT molecular complexity index is 405. The molecular formula is C14H16O3. The number of hydrogen-bond acceptors (Lipinski definition) is 3. The van der Waals surface area contributed by atoms with Crippen molar-refractivity contribution in [3.05, 3.63) is 35.9 Å². The molecule has 90 valence electrons. The van der Waals surface area contributed by atoms with E-state index >= 15 is 0 Å². The van der Waals surface area contributed by atoms with E-state index in [1.54, 1.807) is 6.92 Å². The van der Waals surface area contributed by atoms with Gasteiger partial charge in [-0.3, -0.25) is 9.59 Å². The number of hydrogen-bond donors (Lipinski definition) is 0. The first-order chi connectivity index (χ1) is 8.16. The molecule has 0 radical (unpaired) electrons. The van der Waals surface area contributed by atoms with Crippen molar-refractivity contribution in [3.8, 4) is 0 Å². The second-order valence-electron chi connectivity index (χ2n) is 4.57. The average molecular weight is 232 g/mol. The molecule has 1 fully saturated rings. The normalized spacial score (nSPS) is 22.6. The van der Waals surface area contributed by atoms with Gasteiger partial charge in [0.2, 0.25) is 0 Å². The van der Waals surface area contributed by atoms with E-state index in [9.17, 15) is 9.59 Å². The van der Waals surface area contributed by atoms with E-state index in [0.29, 0.717) is 19.4 Å². The summed E-state index contributed by atoms with van der Waals surface area (Å²) in [6.07, 6.45) is 1.31. The molecule has 1 aliphatic rings. The number of benzene rings is 1. The fourth-order valence-electron chi connectivity index (χ4n) is 1.99. The molecular weight excluding hydrogens is 216 g/mol. The Morgan fingerprint density at radius 2 is 1.82 bits per heavy atom. The van der Waals surface area contributed by atoms with Crippen LogP contribution in [0.5, 0.6) is 0 Å². The Morgan fingerprint density at radius 1 is 1.18 bits per heavy atom. The maximum absolute atomic E-state index is 11.6. The summed E-state index contributed by atoms with van der Waals surface area (Å²) in [7, 11) is 0. The Morgan fingerprint density at radius 3 is 2.41 bits per heavy atom. The first-order valence-corrected chi connectivity index (χ1v) is 5.88. The molecule has 0 bridgehead atoms. The Hall–Kier alpha value is -1.64. The zero-order valence-corrected chi connectivity index (χ0v) is 9.89. The smallest absolute Gasteiger partial charge is 0.309 e. The molecule has 0 amide bonds. The van der Waals surface area contributed by atoms with Crippen LogP contribution in [0.3, 0.4) is 0 Å². The van der Waals surface area contributed by atoms with Gasteiger partial charge in [-0.05, 0) is 25.3 Å². The molecule has 1 aliphatic carbocycles. The molecule has 0 unspecified atom stereocenters. The van der Waals surface area contributed by atoms with Crippen molar-refractivity contribution in [3.63, 3.8) is 0 Å². The molecule has 0 saturated heterocycles. The second-order valence-corrected chi connectivity index (χ2v) is 4.57. The number of carbonyl (C=O) groups is 2. The molecule has 1 aromatic rings. The van der Waals surface area contributed by atoms with Crippen molar-refractivity contribution in [1.29, 1.82) is 0 Å². The van der Waals surface area contributed by atoms with Gasteiger partial charge in [-0.25, -0.2) is 0 Å². The molecule has 17 heavy (non-hydrogen) atoms. The summed E-state index contributed by atoms with van der Waals surface area (Å²) in [6, 6.07) is 9.60. The number of carbonyl (C=O) groups excluding carboxylic acids is 2. The average Bonchev–Trinajstić information content (AvgIpc) is 2.25. The predicted octanol–water partition coefficient (Wildman–Crippen LogP) is 2.35. The molecule has 0 atom stereocenters. The maximum Gasteiger partial charge on any atom is 0.309 e. The minimum Gasteiger partial charge on any atom is -0.461 e. The number of ketones is 1. The summed E-state index contributed by atoms with van der Waals surface area (Å²) < 4.78 is 5.21. The lowest BCUT2D eigenvalue weighted by atomic mass is 9.73. The van der Waals surface area contributed by atoms with Crippen LogP contribution in [0.25, 0.3) is 0 Å². The van der Waals surface area contributed by atoms with E-state index in [-0.39, 0.29) is 23.6 Å². The zero-order chi connectivity index (χ0) is 12.3. The van der Waals surface area contributed by atoms with Gasteiger partial charge in [-0.2, -0.15) is 0 Å². The van der Waals surface area contributed by atoms with Crippen molar-refractivity contribution < 1.29 is 14.3 Å².